The molecule has 2 aromatic carbocycles. The Labute approximate surface area is 145 Å². The van der Waals surface area contributed by atoms with Gasteiger partial charge in [-0.05, 0) is 48.2 Å². The first-order chi connectivity index (χ1) is 10.1. The van der Waals surface area contributed by atoms with E-state index in [2.05, 4.69) is 13.8 Å². The number of rotatable bonds is 6. The maximum atomic E-state index is 11.3. The Morgan fingerprint density at radius 2 is 1.82 bits per heavy atom. The van der Waals surface area contributed by atoms with Gasteiger partial charge in [-0.25, -0.2) is 4.79 Å². The fraction of sp³-hybridized carbons (Fsp3) is 0.278. The van der Waals surface area contributed by atoms with Crippen LogP contribution in [-0.4, -0.2) is 11.1 Å². The molecule has 0 aliphatic carbocycles. The van der Waals surface area contributed by atoms with Gasteiger partial charge in [-0.2, -0.15) is 0 Å². The second-order valence-electron chi connectivity index (χ2n) is 5.26. The standard InChI is InChI=1S/C18H20O3.W/c1-3-13(2)11-14-12-16(9-10-17(14)18(19)20)21-15-7-5-4-6-8-15;/h4-10,12-13H,3,11H2,1-2H3,(H,19,20);. The third-order valence-electron chi connectivity index (χ3n) is 3.55. The number of aromatic carboxylic acids is 1. The summed E-state index contributed by atoms with van der Waals surface area (Å²) in [4.78, 5) is 11.3. The van der Waals surface area contributed by atoms with Gasteiger partial charge in [-0.1, -0.05) is 38.5 Å². The van der Waals surface area contributed by atoms with Gasteiger partial charge in [-0.15, -0.1) is 0 Å². The van der Waals surface area contributed by atoms with Crippen LogP contribution in [-0.2, 0) is 27.5 Å². The number of benzene rings is 2. The van der Waals surface area contributed by atoms with Crippen molar-refractivity contribution in [3.05, 3.63) is 59.7 Å². The maximum absolute atomic E-state index is 11.3. The van der Waals surface area contributed by atoms with Crippen LogP contribution in [0.1, 0.15) is 36.2 Å². The largest absolute Gasteiger partial charge is 0.478 e. The monoisotopic (exact) mass is 468 g/mol. The molecule has 1 atom stereocenters. The minimum atomic E-state index is -0.889. The molecule has 1 N–H and O–H groups in total. The number of carboxylic acid groups (broad SMARTS) is 1. The van der Waals surface area contributed by atoms with Crippen LogP contribution in [0.4, 0.5) is 0 Å². The third kappa shape index (κ3) is 4.99. The van der Waals surface area contributed by atoms with Crippen LogP contribution in [0.3, 0.4) is 0 Å². The molecular weight excluding hydrogens is 448 g/mol. The Bertz CT molecular complexity index is 611. The van der Waals surface area contributed by atoms with Crippen molar-refractivity contribution >= 4 is 5.97 Å². The summed E-state index contributed by atoms with van der Waals surface area (Å²) in [5.74, 6) is 0.967. The number of para-hydroxylation sites is 1. The molecule has 22 heavy (non-hydrogen) atoms. The topological polar surface area (TPSA) is 46.5 Å². The molecule has 0 spiro atoms. The Balaban J connectivity index is 0.00000242. The second-order valence-corrected chi connectivity index (χ2v) is 5.26. The van der Waals surface area contributed by atoms with Gasteiger partial charge in [0.2, 0.25) is 0 Å². The first-order valence-electron chi connectivity index (χ1n) is 7.19. The first kappa shape index (κ1) is 18.4. The molecule has 116 valence electrons. The number of ether oxygens (including phenoxy) is 1. The SMILES string of the molecule is CCC(C)Cc1cc(Oc2ccccc2)ccc1C(=O)O.[W]. The molecule has 0 aliphatic heterocycles. The normalized spacial score (nSPS) is 11.4. The van der Waals surface area contributed by atoms with Crippen molar-refractivity contribution in [3.63, 3.8) is 0 Å². The van der Waals surface area contributed by atoms with Crippen LogP contribution < -0.4 is 4.74 Å². The van der Waals surface area contributed by atoms with E-state index >= 15 is 0 Å². The van der Waals surface area contributed by atoms with E-state index in [9.17, 15) is 9.90 Å². The van der Waals surface area contributed by atoms with Crippen LogP contribution in [0.15, 0.2) is 48.5 Å². The van der Waals surface area contributed by atoms with Crippen molar-refractivity contribution in [2.24, 2.45) is 5.92 Å². The predicted molar refractivity (Wildman–Crippen MR) is 83.1 cm³/mol. The quantitative estimate of drug-likeness (QED) is 0.665. The van der Waals surface area contributed by atoms with E-state index in [1.807, 2.05) is 36.4 Å². The van der Waals surface area contributed by atoms with E-state index in [0.29, 0.717) is 17.2 Å². The predicted octanol–water partition coefficient (Wildman–Crippen LogP) is 4.76. The zero-order chi connectivity index (χ0) is 15.2. The van der Waals surface area contributed by atoms with Crippen molar-refractivity contribution in [1.82, 2.24) is 0 Å². The molecule has 0 saturated heterocycles. The molecule has 0 saturated carbocycles. The minimum absolute atomic E-state index is 0. The number of hydrogen-bond donors (Lipinski definition) is 1. The van der Waals surface area contributed by atoms with Crippen molar-refractivity contribution in [2.45, 2.75) is 26.7 Å². The summed E-state index contributed by atoms with van der Waals surface area (Å²) in [6, 6.07) is 14.6. The summed E-state index contributed by atoms with van der Waals surface area (Å²) in [5.41, 5.74) is 1.18. The minimum Gasteiger partial charge on any atom is -0.478 e. The van der Waals surface area contributed by atoms with Crippen molar-refractivity contribution in [2.75, 3.05) is 0 Å². The van der Waals surface area contributed by atoms with E-state index in [1.54, 1.807) is 12.1 Å². The molecule has 2 aromatic rings. The molecule has 2 rings (SSSR count). The smallest absolute Gasteiger partial charge is 0.335 e. The van der Waals surface area contributed by atoms with Gasteiger partial charge < -0.3 is 9.84 Å². The van der Waals surface area contributed by atoms with Gasteiger partial charge in [0.25, 0.3) is 0 Å². The van der Waals surface area contributed by atoms with Crippen LogP contribution >= 0.6 is 0 Å². The first-order valence-corrected chi connectivity index (χ1v) is 7.19. The molecular formula is C18H20O3W. The fourth-order valence-corrected chi connectivity index (χ4v) is 2.16. The van der Waals surface area contributed by atoms with Gasteiger partial charge in [0.05, 0.1) is 5.56 Å². The number of carbonyl (C=O) groups is 1. The zero-order valence-corrected chi connectivity index (χ0v) is 15.7. The maximum Gasteiger partial charge on any atom is 0.335 e. The summed E-state index contributed by atoms with van der Waals surface area (Å²) >= 11 is 0. The second kappa shape index (κ2) is 8.75. The van der Waals surface area contributed by atoms with E-state index in [-0.39, 0.29) is 21.1 Å². The van der Waals surface area contributed by atoms with Crippen molar-refractivity contribution < 1.29 is 35.7 Å². The van der Waals surface area contributed by atoms with E-state index in [0.717, 1.165) is 24.2 Å². The third-order valence-corrected chi connectivity index (χ3v) is 3.55. The molecule has 0 aliphatic rings. The van der Waals surface area contributed by atoms with Crippen molar-refractivity contribution in [3.8, 4) is 11.5 Å². The molecule has 4 heteroatoms. The summed E-state index contributed by atoms with van der Waals surface area (Å²) < 4.78 is 5.78. The summed E-state index contributed by atoms with van der Waals surface area (Å²) in [5, 5.41) is 9.29. The van der Waals surface area contributed by atoms with Crippen LogP contribution in [0, 0.1) is 5.92 Å². The summed E-state index contributed by atoms with van der Waals surface area (Å²) in [6.07, 6.45) is 1.76. The van der Waals surface area contributed by atoms with Gasteiger partial charge in [0.15, 0.2) is 0 Å². The average Bonchev–Trinajstić information content (AvgIpc) is 2.48. The Morgan fingerprint density at radius 3 is 2.41 bits per heavy atom. The van der Waals surface area contributed by atoms with E-state index in [4.69, 9.17) is 4.74 Å². The van der Waals surface area contributed by atoms with Crippen LogP contribution in [0.5, 0.6) is 11.5 Å². The van der Waals surface area contributed by atoms with Crippen LogP contribution in [0.2, 0.25) is 0 Å². The number of carboxylic acids is 1. The van der Waals surface area contributed by atoms with Gasteiger partial charge in [0.1, 0.15) is 11.5 Å². The van der Waals surface area contributed by atoms with Gasteiger partial charge in [0, 0.05) is 21.1 Å². The van der Waals surface area contributed by atoms with Crippen molar-refractivity contribution in [1.29, 1.82) is 0 Å². The molecule has 0 fully saturated rings. The van der Waals surface area contributed by atoms with E-state index < -0.39 is 5.97 Å². The summed E-state index contributed by atoms with van der Waals surface area (Å²) in [7, 11) is 0. The van der Waals surface area contributed by atoms with E-state index in [1.165, 1.54) is 0 Å². The molecule has 0 amide bonds. The van der Waals surface area contributed by atoms with Gasteiger partial charge in [-0.3, -0.25) is 0 Å². The molecule has 0 radical (unpaired) electrons. The molecule has 3 nitrogen and oxygen atoms in total. The molecule has 0 bridgehead atoms. The number of hydrogen-bond acceptors (Lipinski definition) is 2. The summed E-state index contributed by atoms with van der Waals surface area (Å²) in [6.45, 7) is 4.23. The Morgan fingerprint density at radius 1 is 1.14 bits per heavy atom. The zero-order valence-electron chi connectivity index (χ0n) is 12.8. The molecule has 0 heterocycles. The Hall–Kier alpha value is -1.60. The fourth-order valence-electron chi connectivity index (χ4n) is 2.16. The molecule has 0 aromatic heterocycles. The molecule has 1 unspecified atom stereocenters. The average molecular weight is 468 g/mol. The Kier molecular flexibility index (Phi) is 7.33. The van der Waals surface area contributed by atoms with Gasteiger partial charge >= 0.3 is 5.97 Å². The van der Waals surface area contributed by atoms with Crippen LogP contribution in [0.25, 0.3) is 0 Å².